The summed E-state index contributed by atoms with van der Waals surface area (Å²) >= 11 is 0. The van der Waals surface area contributed by atoms with Crippen LogP contribution in [0.15, 0.2) is 48.7 Å². The van der Waals surface area contributed by atoms with E-state index in [9.17, 15) is 9.67 Å². The van der Waals surface area contributed by atoms with Gasteiger partial charge < -0.3 is 14.9 Å². The highest BCUT2D eigenvalue weighted by Gasteiger charge is 2.39. The largest absolute Gasteiger partial charge is 0.507 e. The standard InChI is InChI=1S/C23H28N3O3P/c1-15-10-19(11-16(2)23(15)27)22(30(28)26-17(3)8-9-29-30)14-24-20-12-18-6-4-5-7-21(18)25-13-20/h4-7,10-13,17,22,24,27H,8-9,14H2,1-3H3,(H,26,28)/t17-,22?,30?/m1/s1. The molecule has 1 aliphatic heterocycles. The molecule has 0 saturated carbocycles. The number of pyridine rings is 1. The van der Waals surface area contributed by atoms with E-state index in [4.69, 9.17) is 4.52 Å². The Morgan fingerprint density at radius 1 is 1.27 bits per heavy atom. The first-order valence-electron chi connectivity index (χ1n) is 10.3. The summed E-state index contributed by atoms with van der Waals surface area (Å²) in [5.41, 5.74) is 3.81. The smallest absolute Gasteiger partial charge is 0.279 e. The maximum atomic E-state index is 13.8. The van der Waals surface area contributed by atoms with E-state index in [1.807, 2.05) is 63.2 Å². The molecule has 1 fully saturated rings. The third-order valence-corrected chi connectivity index (χ3v) is 8.30. The quantitative estimate of drug-likeness (QED) is 0.481. The van der Waals surface area contributed by atoms with Crippen molar-refractivity contribution < 1.29 is 14.2 Å². The molecule has 1 aliphatic rings. The van der Waals surface area contributed by atoms with Crippen molar-refractivity contribution in [2.24, 2.45) is 0 Å². The van der Waals surface area contributed by atoms with E-state index < -0.39 is 13.2 Å². The number of nitrogens with one attached hydrogen (secondary N) is 2. The average molecular weight is 425 g/mol. The van der Waals surface area contributed by atoms with Crippen LogP contribution >= 0.6 is 7.52 Å². The van der Waals surface area contributed by atoms with Gasteiger partial charge in [0.2, 0.25) is 0 Å². The Bertz CT molecular complexity index is 1090. The number of aromatic hydroxyl groups is 1. The van der Waals surface area contributed by atoms with Crippen molar-refractivity contribution in [3.05, 3.63) is 65.4 Å². The van der Waals surface area contributed by atoms with E-state index in [1.165, 1.54) is 0 Å². The third-order valence-electron chi connectivity index (χ3n) is 5.63. The molecular formula is C23H28N3O3P. The second kappa shape index (κ2) is 8.38. The van der Waals surface area contributed by atoms with Crippen molar-refractivity contribution >= 4 is 24.1 Å². The average Bonchev–Trinajstić information content (AvgIpc) is 2.71. The van der Waals surface area contributed by atoms with Crippen molar-refractivity contribution in [2.45, 2.75) is 38.9 Å². The molecule has 7 heteroatoms. The van der Waals surface area contributed by atoms with Gasteiger partial charge in [0, 0.05) is 18.0 Å². The number of rotatable bonds is 5. The zero-order valence-electron chi connectivity index (χ0n) is 17.6. The van der Waals surface area contributed by atoms with Crippen LogP contribution < -0.4 is 10.4 Å². The molecule has 1 saturated heterocycles. The van der Waals surface area contributed by atoms with Crippen LogP contribution in [0.5, 0.6) is 5.75 Å². The molecule has 2 unspecified atom stereocenters. The van der Waals surface area contributed by atoms with Crippen LogP contribution in [-0.4, -0.2) is 29.3 Å². The van der Waals surface area contributed by atoms with Crippen molar-refractivity contribution in [3.8, 4) is 5.75 Å². The van der Waals surface area contributed by atoms with Gasteiger partial charge in [-0.2, -0.15) is 0 Å². The highest BCUT2D eigenvalue weighted by molar-refractivity contribution is 7.57. The summed E-state index contributed by atoms with van der Waals surface area (Å²) in [4.78, 5) is 4.50. The van der Waals surface area contributed by atoms with Crippen LogP contribution in [0.2, 0.25) is 0 Å². The number of aryl methyl sites for hydroxylation is 2. The molecule has 3 atom stereocenters. The molecule has 30 heavy (non-hydrogen) atoms. The first-order chi connectivity index (χ1) is 14.4. The van der Waals surface area contributed by atoms with Crippen LogP contribution in [0.4, 0.5) is 5.69 Å². The van der Waals surface area contributed by atoms with E-state index in [1.54, 1.807) is 6.20 Å². The molecule has 3 aromatic rings. The van der Waals surface area contributed by atoms with E-state index in [2.05, 4.69) is 15.4 Å². The summed E-state index contributed by atoms with van der Waals surface area (Å²) < 4.78 is 19.7. The lowest BCUT2D eigenvalue weighted by Gasteiger charge is -2.35. The van der Waals surface area contributed by atoms with Gasteiger partial charge in [-0.3, -0.25) is 9.55 Å². The maximum Gasteiger partial charge on any atom is 0.279 e. The molecule has 6 nitrogen and oxygen atoms in total. The minimum absolute atomic E-state index is 0.119. The zero-order valence-corrected chi connectivity index (χ0v) is 18.4. The molecule has 0 aliphatic carbocycles. The van der Waals surface area contributed by atoms with Gasteiger partial charge in [0.25, 0.3) is 7.52 Å². The van der Waals surface area contributed by atoms with Crippen LogP contribution in [0, 0.1) is 13.8 Å². The van der Waals surface area contributed by atoms with E-state index in [0.717, 1.165) is 39.7 Å². The first kappa shape index (κ1) is 20.9. The summed E-state index contributed by atoms with van der Waals surface area (Å²) in [7, 11) is -3.16. The summed E-state index contributed by atoms with van der Waals surface area (Å²) in [6.45, 7) is 6.63. The number of hydrogen-bond donors (Lipinski definition) is 3. The lowest BCUT2D eigenvalue weighted by Crippen LogP contribution is -2.34. The van der Waals surface area contributed by atoms with E-state index in [0.29, 0.717) is 13.2 Å². The third kappa shape index (κ3) is 4.22. The molecule has 0 radical (unpaired) electrons. The number of aromatic nitrogens is 1. The molecule has 0 bridgehead atoms. The molecular weight excluding hydrogens is 397 g/mol. The van der Waals surface area contributed by atoms with Crippen LogP contribution in [-0.2, 0) is 9.09 Å². The Morgan fingerprint density at radius 2 is 2.00 bits per heavy atom. The number of anilines is 1. The van der Waals surface area contributed by atoms with Crippen molar-refractivity contribution in [3.63, 3.8) is 0 Å². The van der Waals surface area contributed by atoms with Gasteiger partial charge in [-0.25, -0.2) is 5.09 Å². The second-order valence-electron chi connectivity index (χ2n) is 8.07. The topological polar surface area (TPSA) is 83.5 Å². The van der Waals surface area contributed by atoms with Gasteiger partial charge in [0.15, 0.2) is 0 Å². The fraction of sp³-hybridized carbons (Fsp3) is 0.348. The van der Waals surface area contributed by atoms with Gasteiger partial charge >= 0.3 is 0 Å². The van der Waals surface area contributed by atoms with E-state index >= 15 is 0 Å². The number of nitrogens with zero attached hydrogens (tertiary/aromatic N) is 1. The lowest BCUT2D eigenvalue weighted by molar-refractivity contribution is 0.249. The van der Waals surface area contributed by atoms with E-state index in [-0.39, 0.29) is 11.8 Å². The minimum Gasteiger partial charge on any atom is -0.507 e. The Morgan fingerprint density at radius 3 is 2.73 bits per heavy atom. The minimum atomic E-state index is -3.16. The monoisotopic (exact) mass is 425 g/mol. The fourth-order valence-corrected chi connectivity index (χ4v) is 6.38. The SMILES string of the molecule is Cc1cc(C(CNc2cnc3ccccc3c2)P2(=O)N[C@H](C)CCO2)cc(C)c1O. The van der Waals surface area contributed by atoms with Gasteiger partial charge in [0.05, 0.1) is 29.7 Å². The number of benzene rings is 2. The van der Waals surface area contributed by atoms with Crippen LogP contribution in [0.1, 0.15) is 35.7 Å². The van der Waals surface area contributed by atoms with Gasteiger partial charge in [-0.05, 0) is 56.0 Å². The van der Waals surface area contributed by atoms with Crippen LogP contribution in [0.3, 0.4) is 0 Å². The normalized spacial score (nSPS) is 22.7. The molecule has 2 aromatic carbocycles. The summed E-state index contributed by atoms with van der Waals surface area (Å²) in [6.07, 6.45) is 2.62. The van der Waals surface area contributed by atoms with Gasteiger partial charge in [-0.15, -0.1) is 0 Å². The predicted octanol–water partition coefficient (Wildman–Crippen LogP) is 5.30. The molecule has 4 rings (SSSR count). The Kier molecular flexibility index (Phi) is 5.83. The summed E-state index contributed by atoms with van der Waals surface area (Å²) in [5.74, 6) is 0.272. The zero-order chi connectivity index (χ0) is 21.3. The maximum absolute atomic E-state index is 13.8. The highest BCUT2D eigenvalue weighted by Crippen LogP contribution is 2.59. The number of phenolic OH excluding ortho intramolecular Hbond substituents is 1. The highest BCUT2D eigenvalue weighted by atomic mass is 31.2. The number of hydrogen-bond acceptors (Lipinski definition) is 5. The van der Waals surface area contributed by atoms with Gasteiger partial charge in [0.1, 0.15) is 5.75 Å². The summed E-state index contributed by atoms with van der Waals surface area (Å²) in [6, 6.07) is 13.9. The van der Waals surface area contributed by atoms with Crippen molar-refractivity contribution in [2.75, 3.05) is 18.5 Å². The number of para-hydroxylation sites is 1. The number of fused-ring (bicyclic) bond motifs is 1. The Balaban J connectivity index is 1.67. The molecule has 0 spiro atoms. The van der Waals surface area contributed by atoms with Gasteiger partial charge in [-0.1, -0.05) is 30.3 Å². The molecule has 1 aromatic heterocycles. The lowest BCUT2D eigenvalue weighted by atomic mass is 10.0. The predicted molar refractivity (Wildman–Crippen MR) is 121 cm³/mol. The van der Waals surface area contributed by atoms with Crippen molar-refractivity contribution in [1.29, 1.82) is 0 Å². The fourth-order valence-electron chi connectivity index (χ4n) is 3.95. The molecule has 3 N–H and O–H groups in total. The molecule has 2 heterocycles. The molecule has 0 amide bonds. The molecule has 158 valence electrons. The second-order valence-corrected chi connectivity index (χ2v) is 10.4. The Labute approximate surface area is 177 Å². The summed E-state index contributed by atoms with van der Waals surface area (Å²) in [5, 5.41) is 17.9. The number of phenols is 1. The Hall–Kier alpha value is -2.40. The van der Waals surface area contributed by atoms with Crippen LogP contribution in [0.25, 0.3) is 10.9 Å². The van der Waals surface area contributed by atoms with Crippen molar-refractivity contribution in [1.82, 2.24) is 10.1 Å². The first-order valence-corrected chi connectivity index (χ1v) is 12.0.